The van der Waals surface area contributed by atoms with Crippen LogP contribution in [0.4, 0.5) is 0 Å². The molecule has 0 unspecified atom stereocenters. The van der Waals surface area contributed by atoms with Crippen LogP contribution < -0.4 is 10.6 Å². The van der Waals surface area contributed by atoms with Crippen molar-refractivity contribution in [1.29, 1.82) is 5.26 Å². The van der Waals surface area contributed by atoms with E-state index in [1.54, 1.807) is 62.1 Å². The Bertz CT molecular complexity index is 2290. The number of fused-ring (bicyclic) bond motifs is 1. The summed E-state index contributed by atoms with van der Waals surface area (Å²) in [7, 11) is 0. The molecule has 6 N–H and O–H groups in total. The fraction of sp³-hybridized carbons (Fsp3) is 0.467. The van der Waals surface area contributed by atoms with Gasteiger partial charge >= 0.3 is 23.9 Å². The first-order valence-electron chi connectivity index (χ1n) is 21.9. The molecule has 2 aliphatic heterocycles. The SMILES string of the molecule is N#C[C@@H]1CCCN1C(=O)CNC(=O)c1ccnc2ccc(-c3ccc(C(=O)NCCCN(CC(=O)O)C(=O)CN4CCN(CC(=O)O)CCN(CC(=O)O)CCN(CC(=O)O)CC4)cc3)cc12. The number of likely N-dealkylation sites (tertiary alicyclic amines) is 1. The van der Waals surface area contributed by atoms with Crippen LogP contribution in [0.1, 0.15) is 40.0 Å². The van der Waals surface area contributed by atoms with Crippen molar-refractivity contribution in [2.75, 3.05) is 111 Å². The van der Waals surface area contributed by atoms with Crippen molar-refractivity contribution in [3.05, 3.63) is 65.9 Å². The van der Waals surface area contributed by atoms with E-state index in [9.17, 15) is 64.0 Å². The molecule has 0 spiro atoms. The second kappa shape index (κ2) is 25.0. The van der Waals surface area contributed by atoms with Crippen LogP contribution in [0.2, 0.25) is 0 Å². The topological polar surface area (TPSA) is 298 Å². The largest absolute Gasteiger partial charge is 0.480 e. The molecule has 3 heterocycles. The van der Waals surface area contributed by atoms with Crippen LogP contribution in [0.15, 0.2) is 54.7 Å². The summed E-state index contributed by atoms with van der Waals surface area (Å²) in [5.41, 5.74) is 2.69. The highest BCUT2D eigenvalue weighted by Crippen LogP contribution is 2.26. The van der Waals surface area contributed by atoms with E-state index in [1.807, 2.05) is 6.07 Å². The molecule has 3 aromatic rings. The minimum atomic E-state index is -1.25. The van der Waals surface area contributed by atoms with E-state index < -0.39 is 54.2 Å². The van der Waals surface area contributed by atoms with Gasteiger partial charge in [-0.2, -0.15) is 5.26 Å². The monoisotopic (exact) mass is 928 g/mol. The van der Waals surface area contributed by atoms with Crippen molar-refractivity contribution in [3.8, 4) is 17.2 Å². The van der Waals surface area contributed by atoms with E-state index in [1.165, 1.54) is 11.1 Å². The van der Waals surface area contributed by atoms with Crippen molar-refractivity contribution in [2.24, 2.45) is 0 Å². The van der Waals surface area contributed by atoms with Crippen LogP contribution in [0, 0.1) is 11.3 Å². The maximum atomic E-state index is 13.6. The number of aliphatic carboxylic acids is 4. The predicted molar refractivity (Wildman–Crippen MR) is 240 cm³/mol. The highest BCUT2D eigenvalue weighted by molar-refractivity contribution is 6.07. The Kier molecular flexibility index (Phi) is 19.0. The number of carbonyl (C=O) groups is 8. The molecule has 5 rings (SSSR count). The van der Waals surface area contributed by atoms with Crippen molar-refractivity contribution >= 4 is 58.4 Å². The molecule has 22 nitrogen and oxygen atoms in total. The number of hydrogen-bond acceptors (Lipinski definition) is 14. The smallest absolute Gasteiger partial charge is 0.323 e. The number of nitrogens with zero attached hydrogens (tertiary/aromatic N) is 8. The normalized spacial score (nSPS) is 16.8. The van der Waals surface area contributed by atoms with Crippen LogP contribution in [-0.4, -0.2) is 220 Å². The summed E-state index contributed by atoms with van der Waals surface area (Å²) in [5, 5.41) is 53.4. The molecule has 0 saturated carbocycles. The zero-order valence-electron chi connectivity index (χ0n) is 37.0. The van der Waals surface area contributed by atoms with Crippen LogP contribution in [-0.2, 0) is 28.8 Å². The quantitative estimate of drug-likeness (QED) is 0.0838. The third-order valence-corrected chi connectivity index (χ3v) is 11.5. The van der Waals surface area contributed by atoms with E-state index in [4.69, 9.17) is 0 Å². The summed E-state index contributed by atoms with van der Waals surface area (Å²) in [6.07, 6.45) is 3.05. The van der Waals surface area contributed by atoms with E-state index in [-0.39, 0.29) is 110 Å². The lowest BCUT2D eigenvalue weighted by molar-refractivity contribution is -0.145. The van der Waals surface area contributed by atoms with Gasteiger partial charge in [0.15, 0.2) is 0 Å². The summed E-state index contributed by atoms with van der Waals surface area (Å²) in [6, 6.07) is 15.3. The number of carbonyl (C=O) groups excluding carboxylic acids is 4. The van der Waals surface area contributed by atoms with Gasteiger partial charge in [0.25, 0.3) is 11.8 Å². The number of nitriles is 1. The highest BCUT2D eigenvalue weighted by Gasteiger charge is 2.29. The molecule has 0 radical (unpaired) electrons. The fourth-order valence-electron chi connectivity index (χ4n) is 8.00. The number of carboxylic acids is 4. The first-order valence-corrected chi connectivity index (χ1v) is 21.9. The second-order valence-electron chi connectivity index (χ2n) is 16.3. The van der Waals surface area contributed by atoms with Crippen molar-refractivity contribution in [3.63, 3.8) is 0 Å². The van der Waals surface area contributed by atoms with E-state index in [0.717, 1.165) is 22.4 Å². The van der Waals surface area contributed by atoms with Gasteiger partial charge in [-0.05, 0) is 60.7 Å². The number of amides is 4. The van der Waals surface area contributed by atoms with Gasteiger partial charge in [0.1, 0.15) is 12.6 Å². The maximum absolute atomic E-state index is 13.6. The molecule has 22 heteroatoms. The van der Waals surface area contributed by atoms with E-state index in [0.29, 0.717) is 35.0 Å². The van der Waals surface area contributed by atoms with Gasteiger partial charge in [0.05, 0.1) is 49.9 Å². The molecule has 2 fully saturated rings. The molecule has 0 bridgehead atoms. The summed E-state index contributed by atoms with van der Waals surface area (Å²) in [4.78, 5) is 113. The first kappa shape index (κ1) is 50.9. The number of aromatic nitrogens is 1. The fourth-order valence-corrected chi connectivity index (χ4v) is 8.00. The van der Waals surface area contributed by atoms with Crippen molar-refractivity contribution in [1.82, 2.24) is 45.0 Å². The average molecular weight is 929 g/mol. The molecule has 2 aliphatic rings. The number of rotatable bonds is 19. The van der Waals surface area contributed by atoms with Crippen LogP contribution in [0.5, 0.6) is 0 Å². The molecule has 0 aliphatic carbocycles. The second-order valence-corrected chi connectivity index (χ2v) is 16.3. The summed E-state index contributed by atoms with van der Waals surface area (Å²) < 4.78 is 0. The number of nitrogens with one attached hydrogen (secondary N) is 2. The van der Waals surface area contributed by atoms with Gasteiger partial charge < -0.3 is 40.9 Å². The highest BCUT2D eigenvalue weighted by atomic mass is 16.4. The number of benzene rings is 2. The van der Waals surface area contributed by atoms with Gasteiger partial charge in [-0.25, -0.2) is 0 Å². The predicted octanol–water partition coefficient (Wildman–Crippen LogP) is -0.345. The van der Waals surface area contributed by atoms with Crippen molar-refractivity contribution < 1.29 is 58.8 Å². The molecular formula is C45H56N10O12. The summed E-state index contributed by atoms with van der Waals surface area (Å²) in [5.74, 6) is -6.25. The van der Waals surface area contributed by atoms with Gasteiger partial charge in [0.2, 0.25) is 11.8 Å². The zero-order chi connectivity index (χ0) is 48.5. The number of carboxylic acid groups (broad SMARTS) is 4. The lowest BCUT2D eigenvalue weighted by Gasteiger charge is -2.33. The molecule has 1 atom stereocenters. The van der Waals surface area contributed by atoms with Crippen LogP contribution in [0.25, 0.3) is 22.0 Å². The Morgan fingerprint density at radius 3 is 1.76 bits per heavy atom. The van der Waals surface area contributed by atoms with Crippen LogP contribution >= 0.6 is 0 Å². The summed E-state index contributed by atoms with van der Waals surface area (Å²) in [6.45, 7) is -0.000105. The molecule has 358 valence electrons. The van der Waals surface area contributed by atoms with Gasteiger partial charge in [-0.15, -0.1) is 0 Å². The molecule has 4 amide bonds. The summed E-state index contributed by atoms with van der Waals surface area (Å²) >= 11 is 0. The minimum absolute atomic E-state index is 0.0128. The standard InChI is InChI=1S/C45H56N10O12/c46-24-34-3-1-14-55(34)38(56)25-49-45(67)35-10-12-47-37-9-8-33(23-36(35)37)31-4-6-32(7-5-31)44(66)48-11-2-13-54(30-43(64)65)39(57)26-50-15-17-51(27-40(58)59)19-21-53(29-42(62)63)22-20-52(18-16-50)28-41(60)61/h4-10,12,23,34H,1-3,11,13-22,25-30H2,(H,48,66)(H,49,67)(H,58,59)(H,60,61)(H,62,63)(H,64,65)/t34-/m0/s1. The minimum Gasteiger partial charge on any atom is -0.480 e. The lowest BCUT2D eigenvalue weighted by Crippen LogP contribution is -2.50. The van der Waals surface area contributed by atoms with Gasteiger partial charge in [0, 0.05) is 89.1 Å². The molecule has 67 heavy (non-hydrogen) atoms. The third kappa shape index (κ3) is 15.8. The molecule has 2 aromatic carbocycles. The lowest BCUT2D eigenvalue weighted by atomic mass is 9.99. The zero-order valence-corrected chi connectivity index (χ0v) is 37.0. The number of hydrogen-bond donors (Lipinski definition) is 6. The maximum Gasteiger partial charge on any atom is 0.323 e. The molecular weight excluding hydrogens is 873 g/mol. The molecule has 1 aromatic heterocycles. The Labute approximate surface area is 386 Å². The Hall–Kier alpha value is -7.06. The van der Waals surface area contributed by atoms with Crippen LogP contribution in [0.3, 0.4) is 0 Å². The van der Waals surface area contributed by atoms with E-state index >= 15 is 0 Å². The van der Waals surface area contributed by atoms with Crippen molar-refractivity contribution in [2.45, 2.75) is 25.3 Å². The first-order chi connectivity index (χ1) is 32.1. The third-order valence-electron chi connectivity index (χ3n) is 11.5. The van der Waals surface area contributed by atoms with Gasteiger partial charge in [-0.3, -0.25) is 62.9 Å². The Morgan fingerprint density at radius 2 is 1.22 bits per heavy atom. The average Bonchev–Trinajstić information content (AvgIpc) is 3.78. The Balaban J connectivity index is 1.17. The molecule has 2 saturated heterocycles. The number of pyridine rings is 1. The Morgan fingerprint density at radius 1 is 0.672 bits per heavy atom. The van der Waals surface area contributed by atoms with Gasteiger partial charge in [-0.1, -0.05) is 18.2 Å². The van der Waals surface area contributed by atoms with E-state index in [2.05, 4.69) is 21.7 Å².